The third kappa shape index (κ3) is 2.78. The average Bonchev–Trinajstić information content (AvgIpc) is 3.27. The molecule has 0 aliphatic heterocycles. The lowest BCUT2D eigenvalue weighted by atomic mass is 10.0. The van der Waals surface area contributed by atoms with Gasteiger partial charge in [-0.15, -0.1) is 0 Å². The van der Waals surface area contributed by atoms with Crippen LogP contribution in [0.1, 0.15) is 32.6 Å². The summed E-state index contributed by atoms with van der Waals surface area (Å²) in [4.78, 5) is 25.9. The van der Waals surface area contributed by atoms with E-state index in [1.807, 2.05) is 19.2 Å². The first kappa shape index (κ1) is 14.1. The van der Waals surface area contributed by atoms with Gasteiger partial charge in [0.2, 0.25) is 0 Å². The van der Waals surface area contributed by atoms with Crippen molar-refractivity contribution in [3.8, 4) is 0 Å². The molecule has 0 aromatic heterocycles. The highest BCUT2D eigenvalue weighted by Crippen LogP contribution is 2.48. The largest absolute Gasteiger partial charge is 0.315 e. The molecule has 3 aliphatic rings. The van der Waals surface area contributed by atoms with E-state index in [9.17, 15) is 9.59 Å². The number of amides is 1. The van der Waals surface area contributed by atoms with E-state index in [0.29, 0.717) is 31.1 Å². The van der Waals surface area contributed by atoms with Gasteiger partial charge in [-0.3, -0.25) is 9.59 Å². The molecular formula is C18H21NO2. The van der Waals surface area contributed by atoms with Gasteiger partial charge in [0.25, 0.3) is 5.91 Å². The van der Waals surface area contributed by atoms with Crippen LogP contribution in [0.15, 0.2) is 47.2 Å². The molecular weight excluding hydrogens is 262 g/mol. The minimum Gasteiger partial charge on any atom is -0.315 e. The number of hydrogen-bond acceptors (Lipinski definition) is 2. The van der Waals surface area contributed by atoms with Crippen molar-refractivity contribution < 1.29 is 9.59 Å². The normalized spacial score (nSPS) is 26.9. The number of likely N-dealkylation sites (N-methyl/N-ethyl adjacent to an activating group) is 1. The summed E-state index contributed by atoms with van der Waals surface area (Å²) in [5.74, 6) is 1.36. The number of carbonyl (C=O) groups is 2. The van der Waals surface area contributed by atoms with Gasteiger partial charge in [-0.05, 0) is 50.2 Å². The third-order valence-electron chi connectivity index (χ3n) is 4.66. The van der Waals surface area contributed by atoms with Gasteiger partial charge >= 0.3 is 0 Å². The Kier molecular flexibility index (Phi) is 3.66. The zero-order chi connectivity index (χ0) is 15.0. The van der Waals surface area contributed by atoms with E-state index >= 15 is 0 Å². The zero-order valence-corrected chi connectivity index (χ0v) is 12.6. The second-order valence-corrected chi connectivity index (χ2v) is 6.10. The highest BCUT2D eigenvalue weighted by atomic mass is 16.2. The number of carbonyl (C=O) groups excluding carboxylic acids is 2. The van der Waals surface area contributed by atoms with Gasteiger partial charge in [-0.2, -0.15) is 0 Å². The van der Waals surface area contributed by atoms with Gasteiger partial charge in [-0.1, -0.05) is 24.3 Å². The van der Waals surface area contributed by atoms with Gasteiger partial charge in [0.05, 0.1) is 0 Å². The van der Waals surface area contributed by atoms with Crippen molar-refractivity contribution in [1.82, 2.24) is 4.90 Å². The van der Waals surface area contributed by atoms with Crippen LogP contribution < -0.4 is 0 Å². The van der Waals surface area contributed by atoms with Gasteiger partial charge < -0.3 is 4.90 Å². The first-order chi connectivity index (χ1) is 10.1. The predicted molar refractivity (Wildman–Crippen MR) is 82.3 cm³/mol. The van der Waals surface area contributed by atoms with Crippen molar-refractivity contribution in [3.05, 3.63) is 47.2 Å². The number of hydrogen-bond donors (Lipinski definition) is 0. The van der Waals surface area contributed by atoms with Crippen LogP contribution in [-0.2, 0) is 9.59 Å². The number of fused-ring (bicyclic) bond motifs is 1. The number of ketones is 1. The molecule has 1 fully saturated rings. The van der Waals surface area contributed by atoms with E-state index in [1.54, 1.807) is 11.8 Å². The summed E-state index contributed by atoms with van der Waals surface area (Å²) in [7, 11) is 1.87. The maximum Gasteiger partial charge on any atom is 0.253 e. The quantitative estimate of drug-likeness (QED) is 0.798. The molecule has 1 amide bonds. The van der Waals surface area contributed by atoms with Crippen molar-refractivity contribution in [3.63, 3.8) is 0 Å². The lowest BCUT2D eigenvalue weighted by molar-refractivity contribution is -0.124. The molecule has 0 spiro atoms. The van der Waals surface area contributed by atoms with Gasteiger partial charge in [0.15, 0.2) is 5.78 Å². The number of rotatable bonds is 3. The average molecular weight is 283 g/mol. The maximum atomic E-state index is 12.7. The summed E-state index contributed by atoms with van der Waals surface area (Å²) < 4.78 is 0. The summed E-state index contributed by atoms with van der Waals surface area (Å²) >= 11 is 0. The fourth-order valence-corrected chi connectivity index (χ4v) is 3.21. The fraction of sp³-hybridized carbons (Fsp3) is 0.444. The summed E-state index contributed by atoms with van der Waals surface area (Å²) in [5, 5.41) is 0. The van der Waals surface area contributed by atoms with Crippen LogP contribution in [0.5, 0.6) is 0 Å². The maximum absolute atomic E-state index is 12.7. The molecule has 0 radical (unpaired) electrons. The first-order valence-corrected chi connectivity index (χ1v) is 7.63. The lowest BCUT2D eigenvalue weighted by Gasteiger charge is -2.23. The Bertz CT molecular complexity index is 607. The minimum atomic E-state index is 0.0837. The molecule has 1 saturated carbocycles. The van der Waals surface area contributed by atoms with Crippen molar-refractivity contribution in [2.45, 2.75) is 32.6 Å². The molecule has 3 aliphatic carbocycles. The molecule has 0 bridgehead atoms. The summed E-state index contributed by atoms with van der Waals surface area (Å²) in [6.45, 7) is 1.59. The zero-order valence-electron chi connectivity index (χ0n) is 12.6. The predicted octanol–water partition coefficient (Wildman–Crippen LogP) is 3.16. The van der Waals surface area contributed by atoms with E-state index in [-0.39, 0.29) is 11.7 Å². The first-order valence-electron chi connectivity index (χ1n) is 7.63. The van der Waals surface area contributed by atoms with E-state index in [2.05, 4.69) is 18.2 Å². The molecule has 21 heavy (non-hydrogen) atoms. The van der Waals surface area contributed by atoms with E-state index in [1.165, 1.54) is 0 Å². The SMILES string of the molecule is CC(=O)C1=CCC=C(C(=O)N(C)C2=CC=CC3CC23)CC1. The summed E-state index contributed by atoms with van der Waals surface area (Å²) in [6, 6.07) is 0. The monoisotopic (exact) mass is 283 g/mol. The molecule has 0 aromatic carbocycles. The molecule has 2 atom stereocenters. The molecule has 3 rings (SSSR count). The summed E-state index contributed by atoms with van der Waals surface area (Å²) in [5.41, 5.74) is 2.81. The topological polar surface area (TPSA) is 37.4 Å². The summed E-state index contributed by atoms with van der Waals surface area (Å²) in [6.07, 6.45) is 13.4. The smallest absolute Gasteiger partial charge is 0.253 e. The standard InChI is InChI=1S/C18H21NO2/c1-12(20)13-5-3-6-14(10-9-13)18(21)19(2)17-8-4-7-15-11-16(15)17/h4-8,15-16H,3,9-11H2,1-2H3. The van der Waals surface area contributed by atoms with E-state index in [4.69, 9.17) is 0 Å². The Balaban J connectivity index is 1.69. The van der Waals surface area contributed by atoms with Gasteiger partial charge in [0, 0.05) is 24.2 Å². The van der Waals surface area contributed by atoms with Crippen LogP contribution in [-0.4, -0.2) is 23.6 Å². The lowest BCUT2D eigenvalue weighted by Crippen LogP contribution is -2.29. The molecule has 110 valence electrons. The Morgan fingerprint density at radius 1 is 1.19 bits per heavy atom. The van der Waals surface area contributed by atoms with E-state index < -0.39 is 0 Å². The van der Waals surface area contributed by atoms with Gasteiger partial charge in [-0.25, -0.2) is 0 Å². The third-order valence-corrected chi connectivity index (χ3v) is 4.66. The number of nitrogens with zero attached hydrogens (tertiary/aromatic N) is 1. The molecule has 2 unspecified atom stereocenters. The molecule has 0 heterocycles. The van der Waals surface area contributed by atoms with Crippen molar-refractivity contribution >= 4 is 11.7 Å². The molecule has 0 saturated heterocycles. The Hall–Kier alpha value is -1.90. The van der Waals surface area contributed by atoms with Crippen LogP contribution in [0, 0.1) is 11.8 Å². The Morgan fingerprint density at radius 3 is 2.67 bits per heavy atom. The number of allylic oxidation sites excluding steroid dienone is 7. The second-order valence-electron chi connectivity index (χ2n) is 6.10. The number of Topliss-reactive ketones (excluding diaryl/α,β-unsaturated/α-hetero) is 1. The molecule has 0 N–H and O–H groups in total. The van der Waals surface area contributed by atoms with Crippen molar-refractivity contribution in [2.24, 2.45) is 11.8 Å². The molecule has 3 nitrogen and oxygen atoms in total. The van der Waals surface area contributed by atoms with Crippen LogP contribution in [0.25, 0.3) is 0 Å². The van der Waals surface area contributed by atoms with Crippen LogP contribution in [0.4, 0.5) is 0 Å². The second kappa shape index (κ2) is 5.47. The van der Waals surface area contributed by atoms with Crippen molar-refractivity contribution in [1.29, 1.82) is 0 Å². The fourth-order valence-electron chi connectivity index (χ4n) is 3.21. The Morgan fingerprint density at radius 2 is 1.90 bits per heavy atom. The van der Waals surface area contributed by atoms with Crippen LogP contribution in [0.3, 0.4) is 0 Å². The highest BCUT2D eigenvalue weighted by Gasteiger charge is 2.41. The minimum absolute atomic E-state index is 0.0837. The molecule has 3 heteroatoms. The van der Waals surface area contributed by atoms with E-state index in [0.717, 1.165) is 23.3 Å². The van der Waals surface area contributed by atoms with Crippen molar-refractivity contribution in [2.75, 3.05) is 7.05 Å². The van der Waals surface area contributed by atoms with Crippen LogP contribution >= 0.6 is 0 Å². The van der Waals surface area contributed by atoms with Gasteiger partial charge in [0.1, 0.15) is 0 Å². The Labute approximate surface area is 125 Å². The van der Waals surface area contributed by atoms with Crippen LogP contribution in [0.2, 0.25) is 0 Å². The molecule has 0 aromatic rings. The highest BCUT2D eigenvalue weighted by molar-refractivity contribution is 5.96.